The molecule has 0 spiro atoms. The molecule has 0 saturated carbocycles. The van der Waals surface area contributed by atoms with Crippen LogP contribution in [0.4, 0.5) is 16.2 Å². The monoisotopic (exact) mass is 339 g/mol. The summed E-state index contributed by atoms with van der Waals surface area (Å²) in [5.74, 6) is 0. The number of benzene rings is 2. The van der Waals surface area contributed by atoms with E-state index in [-0.39, 0.29) is 0 Å². The van der Waals surface area contributed by atoms with E-state index in [4.69, 9.17) is 0 Å². The molecule has 2 aromatic rings. The molecule has 1 aliphatic heterocycles. The molecule has 1 heterocycles. The number of nitrogens with one attached hydrogen (secondary N) is 2. The van der Waals surface area contributed by atoms with Gasteiger partial charge in [0, 0.05) is 36.5 Å². The first-order chi connectivity index (χ1) is 12.1. The Hall–Kier alpha value is -2.53. The fourth-order valence-corrected chi connectivity index (χ4v) is 3.33. The van der Waals surface area contributed by atoms with Crippen molar-refractivity contribution in [1.29, 1.82) is 0 Å². The lowest BCUT2D eigenvalue weighted by atomic mass is 10.1. The van der Waals surface area contributed by atoms with Crippen molar-refractivity contribution in [3.63, 3.8) is 0 Å². The summed E-state index contributed by atoms with van der Waals surface area (Å²) in [5, 5.41) is 6.28. The second-order valence-electron chi connectivity index (χ2n) is 6.54. The average Bonchev–Trinajstić information content (AvgIpc) is 2.95. The Labute approximate surface area is 149 Å². The van der Waals surface area contributed by atoms with Crippen molar-refractivity contribution in [2.24, 2.45) is 0 Å². The molecule has 1 saturated heterocycles. The van der Waals surface area contributed by atoms with Crippen LogP contribution in [0.2, 0.25) is 0 Å². The first-order valence-electron chi connectivity index (χ1n) is 8.63. The van der Waals surface area contributed by atoms with Crippen LogP contribution in [0, 0.1) is 0 Å². The van der Waals surface area contributed by atoms with Gasteiger partial charge in [-0.1, -0.05) is 36.4 Å². The molecule has 5 heteroatoms. The lowest BCUT2D eigenvalue weighted by Gasteiger charge is -2.21. The molecular formula is C20H25N3O2. The van der Waals surface area contributed by atoms with Crippen LogP contribution in [0.25, 0.3) is 0 Å². The minimum Gasteiger partial charge on any atom is -0.453 e. The van der Waals surface area contributed by atoms with Gasteiger partial charge in [-0.25, -0.2) is 4.79 Å². The minimum absolute atomic E-state index is 0.395. The maximum Gasteiger partial charge on any atom is 0.411 e. The fourth-order valence-electron chi connectivity index (χ4n) is 3.33. The maximum absolute atomic E-state index is 11.3. The van der Waals surface area contributed by atoms with E-state index in [1.807, 2.05) is 24.3 Å². The van der Waals surface area contributed by atoms with Crippen LogP contribution in [0.3, 0.4) is 0 Å². The SMILES string of the molecule is COC(=O)Nc1cccc(NC2CC(C)N(Cc3ccccc3)C2)c1. The second kappa shape index (κ2) is 8.03. The predicted octanol–water partition coefficient (Wildman–Crippen LogP) is 3.94. The highest BCUT2D eigenvalue weighted by Gasteiger charge is 2.28. The van der Waals surface area contributed by atoms with Gasteiger partial charge in [-0.2, -0.15) is 0 Å². The molecule has 25 heavy (non-hydrogen) atoms. The van der Waals surface area contributed by atoms with Gasteiger partial charge in [0.1, 0.15) is 0 Å². The minimum atomic E-state index is -0.458. The molecule has 2 atom stereocenters. The Morgan fingerprint density at radius 3 is 2.68 bits per heavy atom. The van der Waals surface area contributed by atoms with Crippen LogP contribution in [-0.4, -0.2) is 36.7 Å². The van der Waals surface area contributed by atoms with Gasteiger partial charge in [0.15, 0.2) is 0 Å². The molecular weight excluding hydrogens is 314 g/mol. The summed E-state index contributed by atoms with van der Waals surface area (Å²) in [5.41, 5.74) is 3.08. The lowest BCUT2D eigenvalue weighted by Crippen LogP contribution is -2.28. The van der Waals surface area contributed by atoms with Gasteiger partial charge in [0.25, 0.3) is 0 Å². The standard InChI is InChI=1S/C20H25N3O2/c1-15-11-19(14-23(15)13-16-7-4-3-5-8-16)21-17-9-6-10-18(12-17)22-20(24)25-2/h3-10,12,15,19,21H,11,13-14H2,1-2H3,(H,22,24). The highest BCUT2D eigenvalue weighted by molar-refractivity contribution is 5.85. The quantitative estimate of drug-likeness (QED) is 0.866. The van der Waals surface area contributed by atoms with Crippen molar-refractivity contribution in [2.75, 3.05) is 24.3 Å². The summed E-state index contributed by atoms with van der Waals surface area (Å²) in [4.78, 5) is 13.8. The van der Waals surface area contributed by atoms with E-state index in [0.29, 0.717) is 12.1 Å². The number of nitrogens with zero attached hydrogens (tertiary/aromatic N) is 1. The van der Waals surface area contributed by atoms with E-state index in [2.05, 4.69) is 57.5 Å². The van der Waals surface area contributed by atoms with Gasteiger partial charge >= 0.3 is 6.09 Å². The van der Waals surface area contributed by atoms with Crippen molar-refractivity contribution in [2.45, 2.75) is 32.0 Å². The Morgan fingerprint density at radius 2 is 1.92 bits per heavy atom. The van der Waals surface area contributed by atoms with Gasteiger partial charge in [-0.15, -0.1) is 0 Å². The number of methoxy groups -OCH3 is 1. The van der Waals surface area contributed by atoms with Gasteiger partial charge in [-0.05, 0) is 37.1 Å². The van der Waals surface area contributed by atoms with Crippen LogP contribution in [-0.2, 0) is 11.3 Å². The molecule has 3 rings (SSSR count). The molecule has 0 aromatic heterocycles. The number of rotatable bonds is 5. The Balaban J connectivity index is 1.59. The average molecular weight is 339 g/mol. The van der Waals surface area contributed by atoms with E-state index < -0.39 is 6.09 Å². The summed E-state index contributed by atoms with van der Waals surface area (Å²) in [6, 6.07) is 19.2. The van der Waals surface area contributed by atoms with Gasteiger partial charge in [0.05, 0.1) is 7.11 Å². The van der Waals surface area contributed by atoms with Gasteiger partial charge in [0.2, 0.25) is 0 Å². The Kier molecular flexibility index (Phi) is 5.56. The van der Waals surface area contributed by atoms with E-state index in [0.717, 1.165) is 30.9 Å². The normalized spacial score (nSPS) is 20.2. The van der Waals surface area contributed by atoms with Crippen LogP contribution in [0.1, 0.15) is 18.9 Å². The molecule has 1 amide bonds. The van der Waals surface area contributed by atoms with Crippen molar-refractivity contribution < 1.29 is 9.53 Å². The van der Waals surface area contributed by atoms with E-state index in [1.165, 1.54) is 12.7 Å². The van der Waals surface area contributed by atoms with Crippen molar-refractivity contribution in [3.05, 3.63) is 60.2 Å². The molecule has 2 N–H and O–H groups in total. The van der Waals surface area contributed by atoms with Crippen LogP contribution < -0.4 is 10.6 Å². The number of hydrogen-bond donors (Lipinski definition) is 2. The molecule has 0 aliphatic carbocycles. The molecule has 0 bridgehead atoms. The fraction of sp³-hybridized carbons (Fsp3) is 0.350. The van der Waals surface area contributed by atoms with E-state index in [1.54, 1.807) is 0 Å². The number of ether oxygens (including phenoxy) is 1. The van der Waals surface area contributed by atoms with Crippen LogP contribution in [0.15, 0.2) is 54.6 Å². The van der Waals surface area contributed by atoms with E-state index >= 15 is 0 Å². The summed E-state index contributed by atoms with van der Waals surface area (Å²) in [6.45, 7) is 4.26. The number of hydrogen-bond acceptors (Lipinski definition) is 4. The summed E-state index contributed by atoms with van der Waals surface area (Å²) in [7, 11) is 1.36. The molecule has 132 valence electrons. The molecule has 1 fully saturated rings. The van der Waals surface area contributed by atoms with Gasteiger partial charge in [-0.3, -0.25) is 10.2 Å². The number of likely N-dealkylation sites (tertiary alicyclic amines) is 1. The summed E-state index contributed by atoms with van der Waals surface area (Å²) < 4.78 is 4.64. The predicted molar refractivity (Wildman–Crippen MR) is 101 cm³/mol. The van der Waals surface area contributed by atoms with Crippen molar-refractivity contribution in [1.82, 2.24) is 4.90 Å². The molecule has 5 nitrogen and oxygen atoms in total. The third kappa shape index (κ3) is 4.73. The molecule has 0 radical (unpaired) electrons. The molecule has 1 aliphatic rings. The number of carbonyl (C=O) groups excluding carboxylic acids is 1. The zero-order valence-electron chi connectivity index (χ0n) is 14.7. The molecule has 2 unspecified atom stereocenters. The highest BCUT2D eigenvalue weighted by Crippen LogP contribution is 2.24. The van der Waals surface area contributed by atoms with Crippen LogP contribution >= 0.6 is 0 Å². The van der Waals surface area contributed by atoms with Crippen molar-refractivity contribution in [3.8, 4) is 0 Å². The maximum atomic E-state index is 11.3. The Bertz CT molecular complexity index is 705. The van der Waals surface area contributed by atoms with Gasteiger partial charge < -0.3 is 10.1 Å². The zero-order chi connectivity index (χ0) is 17.6. The van der Waals surface area contributed by atoms with E-state index in [9.17, 15) is 4.79 Å². The smallest absolute Gasteiger partial charge is 0.411 e. The summed E-state index contributed by atoms with van der Waals surface area (Å²) in [6.07, 6.45) is 0.641. The number of anilines is 2. The molecule has 2 aromatic carbocycles. The number of amides is 1. The third-order valence-corrected chi connectivity index (χ3v) is 4.60. The first-order valence-corrected chi connectivity index (χ1v) is 8.63. The highest BCUT2D eigenvalue weighted by atomic mass is 16.5. The third-order valence-electron chi connectivity index (χ3n) is 4.60. The Morgan fingerprint density at radius 1 is 1.16 bits per heavy atom. The lowest BCUT2D eigenvalue weighted by molar-refractivity contribution is 0.187. The van der Waals surface area contributed by atoms with Crippen molar-refractivity contribution >= 4 is 17.5 Å². The largest absolute Gasteiger partial charge is 0.453 e. The number of carbonyl (C=O) groups is 1. The van der Waals surface area contributed by atoms with Crippen LogP contribution in [0.5, 0.6) is 0 Å². The summed E-state index contributed by atoms with van der Waals surface area (Å²) >= 11 is 0. The zero-order valence-corrected chi connectivity index (χ0v) is 14.7. The second-order valence-corrected chi connectivity index (χ2v) is 6.54. The first kappa shape index (κ1) is 17.3. The topological polar surface area (TPSA) is 53.6 Å².